The summed E-state index contributed by atoms with van der Waals surface area (Å²) in [6, 6.07) is 5.98. The normalized spacial score (nSPS) is 17.4. The number of carbonyl (C=O) groups is 1. The molecule has 1 aliphatic rings. The molecule has 3 rings (SSSR count). The number of amides is 1. The molecule has 1 fully saturated rings. The topological polar surface area (TPSA) is 63.2 Å². The predicted molar refractivity (Wildman–Crippen MR) is 95.5 cm³/mol. The molecular formula is C16H20ClN3O2S. The van der Waals surface area contributed by atoms with Gasteiger partial charge in [-0.05, 0) is 19.4 Å². The summed E-state index contributed by atoms with van der Waals surface area (Å²) in [4.78, 5) is 16.7. The number of rotatable bonds is 3. The zero-order valence-corrected chi connectivity index (χ0v) is 14.7. The fourth-order valence-corrected chi connectivity index (χ4v) is 3.20. The number of thiazole rings is 1. The number of ether oxygens (including phenoxy) is 1. The summed E-state index contributed by atoms with van der Waals surface area (Å²) in [6.07, 6.45) is 0. The van der Waals surface area contributed by atoms with Gasteiger partial charge in [-0.3, -0.25) is 4.79 Å². The summed E-state index contributed by atoms with van der Waals surface area (Å²) in [5, 5.41) is 8.58. The van der Waals surface area contributed by atoms with Crippen LogP contribution in [0.25, 0.3) is 11.3 Å². The molecule has 1 aliphatic heterocycles. The Bertz CT molecular complexity index is 684. The third kappa shape index (κ3) is 4.29. The summed E-state index contributed by atoms with van der Waals surface area (Å²) in [5.74, 6) is -0.0961. The Morgan fingerprint density at radius 2 is 2.26 bits per heavy atom. The van der Waals surface area contributed by atoms with Gasteiger partial charge in [0.2, 0.25) is 5.91 Å². The number of aromatic nitrogens is 1. The fourth-order valence-electron chi connectivity index (χ4n) is 2.48. The van der Waals surface area contributed by atoms with E-state index in [2.05, 4.69) is 47.7 Å². The van der Waals surface area contributed by atoms with Gasteiger partial charge >= 0.3 is 0 Å². The van der Waals surface area contributed by atoms with Gasteiger partial charge in [0.1, 0.15) is 6.04 Å². The van der Waals surface area contributed by atoms with Gasteiger partial charge in [-0.2, -0.15) is 0 Å². The number of nitrogens with zero attached hydrogens (tertiary/aromatic N) is 1. The number of anilines is 1. The van der Waals surface area contributed by atoms with Gasteiger partial charge in [0, 0.05) is 17.5 Å². The Kier molecular flexibility index (Phi) is 6.12. The van der Waals surface area contributed by atoms with E-state index in [0.717, 1.165) is 11.3 Å². The molecule has 1 saturated heterocycles. The van der Waals surface area contributed by atoms with Crippen molar-refractivity contribution in [1.82, 2.24) is 10.3 Å². The number of benzene rings is 1. The zero-order chi connectivity index (χ0) is 15.5. The van der Waals surface area contributed by atoms with Crippen LogP contribution in [0.1, 0.15) is 11.1 Å². The van der Waals surface area contributed by atoms with Gasteiger partial charge < -0.3 is 15.4 Å². The first kappa shape index (κ1) is 17.9. The van der Waals surface area contributed by atoms with Gasteiger partial charge in [0.15, 0.2) is 5.13 Å². The van der Waals surface area contributed by atoms with Crippen molar-refractivity contribution in [3.05, 3.63) is 34.7 Å². The third-order valence-corrected chi connectivity index (χ3v) is 4.39. The fraction of sp³-hybridized carbons (Fsp3) is 0.375. The molecule has 0 aliphatic carbocycles. The molecule has 2 N–H and O–H groups in total. The maximum absolute atomic E-state index is 12.1. The molecule has 1 unspecified atom stereocenters. The number of carbonyl (C=O) groups excluding carboxylic acids is 1. The Labute approximate surface area is 145 Å². The lowest BCUT2D eigenvalue weighted by atomic mass is 10.0. The first-order valence-corrected chi connectivity index (χ1v) is 8.16. The molecule has 0 saturated carbocycles. The average Bonchev–Trinajstić information content (AvgIpc) is 2.96. The monoisotopic (exact) mass is 353 g/mol. The molecule has 23 heavy (non-hydrogen) atoms. The Balaban J connectivity index is 0.00000192. The summed E-state index contributed by atoms with van der Waals surface area (Å²) < 4.78 is 5.30. The van der Waals surface area contributed by atoms with Crippen molar-refractivity contribution in [2.45, 2.75) is 19.9 Å². The molecule has 0 spiro atoms. The number of morpholine rings is 1. The van der Waals surface area contributed by atoms with Crippen molar-refractivity contribution >= 4 is 34.8 Å². The SMILES string of the molecule is Cc1ccc(-c2csc(NC(=O)C3COCCN3)n2)c(C)c1.Cl. The van der Waals surface area contributed by atoms with Crippen molar-refractivity contribution in [1.29, 1.82) is 0 Å². The molecule has 1 atom stereocenters. The highest BCUT2D eigenvalue weighted by molar-refractivity contribution is 7.14. The van der Waals surface area contributed by atoms with E-state index < -0.39 is 0 Å². The second-order valence-electron chi connectivity index (χ2n) is 5.43. The van der Waals surface area contributed by atoms with E-state index in [0.29, 0.717) is 24.9 Å². The highest BCUT2D eigenvalue weighted by atomic mass is 35.5. The first-order chi connectivity index (χ1) is 10.6. The van der Waals surface area contributed by atoms with E-state index in [4.69, 9.17) is 4.74 Å². The predicted octanol–water partition coefficient (Wildman–Crippen LogP) is 2.78. The molecule has 0 bridgehead atoms. The van der Waals surface area contributed by atoms with Crippen LogP contribution >= 0.6 is 23.7 Å². The highest BCUT2D eigenvalue weighted by Gasteiger charge is 2.22. The molecule has 1 aromatic heterocycles. The summed E-state index contributed by atoms with van der Waals surface area (Å²) in [7, 11) is 0. The quantitative estimate of drug-likeness (QED) is 0.890. The van der Waals surface area contributed by atoms with E-state index in [1.807, 2.05) is 5.38 Å². The Morgan fingerprint density at radius 3 is 2.96 bits per heavy atom. The number of aryl methyl sites for hydroxylation is 2. The van der Waals surface area contributed by atoms with Gasteiger partial charge in [-0.15, -0.1) is 23.7 Å². The summed E-state index contributed by atoms with van der Waals surface area (Å²) >= 11 is 1.44. The van der Waals surface area contributed by atoms with Crippen molar-refractivity contribution in [3.63, 3.8) is 0 Å². The zero-order valence-electron chi connectivity index (χ0n) is 13.1. The number of hydrogen-bond donors (Lipinski definition) is 2. The first-order valence-electron chi connectivity index (χ1n) is 7.28. The number of nitrogens with one attached hydrogen (secondary N) is 2. The molecule has 1 aromatic carbocycles. The lowest BCUT2D eigenvalue weighted by molar-refractivity contribution is -0.120. The largest absolute Gasteiger partial charge is 0.378 e. The van der Waals surface area contributed by atoms with Crippen molar-refractivity contribution in [3.8, 4) is 11.3 Å². The van der Waals surface area contributed by atoms with Gasteiger partial charge in [0.25, 0.3) is 0 Å². The Hall–Kier alpha value is -1.47. The molecule has 0 radical (unpaired) electrons. The van der Waals surface area contributed by atoms with Crippen LogP contribution in [0.4, 0.5) is 5.13 Å². The van der Waals surface area contributed by atoms with Crippen LogP contribution in [0.5, 0.6) is 0 Å². The lowest BCUT2D eigenvalue weighted by Crippen LogP contribution is -2.48. The standard InChI is InChI=1S/C16H19N3O2S.ClH/c1-10-3-4-12(11(2)7-10)14-9-22-16(18-14)19-15(20)13-8-21-6-5-17-13;/h3-4,7,9,13,17H,5-6,8H2,1-2H3,(H,18,19,20);1H. The van der Waals surface area contributed by atoms with Crippen LogP contribution in [0.3, 0.4) is 0 Å². The van der Waals surface area contributed by atoms with Crippen LogP contribution in [0.15, 0.2) is 23.6 Å². The van der Waals surface area contributed by atoms with Crippen LogP contribution in [0, 0.1) is 13.8 Å². The van der Waals surface area contributed by atoms with E-state index in [-0.39, 0.29) is 24.4 Å². The smallest absolute Gasteiger partial charge is 0.245 e. The van der Waals surface area contributed by atoms with Crippen LogP contribution in [0.2, 0.25) is 0 Å². The van der Waals surface area contributed by atoms with Crippen LogP contribution in [-0.4, -0.2) is 36.7 Å². The second kappa shape index (κ2) is 7.88. The average molecular weight is 354 g/mol. The van der Waals surface area contributed by atoms with Crippen LogP contribution < -0.4 is 10.6 Å². The van der Waals surface area contributed by atoms with E-state index in [9.17, 15) is 4.79 Å². The number of halogens is 1. The molecule has 7 heteroatoms. The van der Waals surface area contributed by atoms with Gasteiger partial charge in [0.05, 0.1) is 18.9 Å². The third-order valence-electron chi connectivity index (χ3n) is 3.63. The van der Waals surface area contributed by atoms with Crippen molar-refractivity contribution in [2.24, 2.45) is 0 Å². The minimum atomic E-state index is -0.304. The molecular weight excluding hydrogens is 334 g/mol. The van der Waals surface area contributed by atoms with E-state index >= 15 is 0 Å². The van der Waals surface area contributed by atoms with E-state index in [1.54, 1.807) is 0 Å². The number of hydrogen-bond acceptors (Lipinski definition) is 5. The van der Waals surface area contributed by atoms with Crippen LogP contribution in [-0.2, 0) is 9.53 Å². The lowest BCUT2D eigenvalue weighted by Gasteiger charge is -2.22. The van der Waals surface area contributed by atoms with Gasteiger partial charge in [-0.25, -0.2) is 4.98 Å². The molecule has 1 amide bonds. The Morgan fingerprint density at radius 1 is 1.43 bits per heavy atom. The molecule has 2 aromatic rings. The minimum Gasteiger partial charge on any atom is -0.378 e. The van der Waals surface area contributed by atoms with Crippen molar-refractivity contribution in [2.75, 3.05) is 25.1 Å². The second-order valence-corrected chi connectivity index (χ2v) is 6.29. The maximum atomic E-state index is 12.1. The maximum Gasteiger partial charge on any atom is 0.245 e. The minimum absolute atomic E-state index is 0. The summed E-state index contributed by atoms with van der Waals surface area (Å²) in [5.41, 5.74) is 4.41. The van der Waals surface area contributed by atoms with Crippen molar-refractivity contribution < 1.29 is 9.53 Å². The van der Waals surface area contributed by atoms with E-state index in [1.165, 1.54) is 22.5 Å². The molecule has 5 nitrogen and oxygen atoms in total. The molecule has 124 valence electrons. The van der Waals surface area contributed by atoms with Gasteiger partial charge in [-0.1, -0.05) is 23.8 Å². The summed E-state index contributed by atoms with van der Waals surface area (Å²) in [6.45, 7) is 5.90. The molecule has 2 heterocycles. The highest BCUT2D eigenvalue weighted by Crippen LogP contribution is 2.28.